The third-order valence-corrected chi connectivity index (χ3v) is 3.91. The molecule has 7 heteroatoms. The van der Waals surface area contributed by atoms with Crippen LogP contribution in [0.2, 0.25) is 0 Å². The van der Waals surface area contributed by atoms with E-state index in [-0.39, 0.29) is 22.9 Å². The van der Waals surface area contributed by atoms with E-state index in [0.29, 0.717) is 5.56 Å². The van der Waals surface area contributed by atoms with E-state index in [9.17, 15) is 24.6 Å². The van der Waals surface area contributed by atoms with Gasteiger partial charge in [-0.05, 0) is 24.3 Å². The van der Waals surface area contributed by atoms with Crippen molar-refractivity contribution in [2.75, 3.05) is 6.67 Å². The first-order chi connectivity index (χ1) is 10.0. The van der Waals surface area contributed by atoms with E-state index in [1.807, 2.05) is 0 Å². The Morgan fingerprint density at radius 3 is 2.33 bits per heavy atom. The van der Waals surface area contributed by atoms with Gasteiger partial charge in [0.2, 0.25) is 0 Å². The Kier molecular flexibility index (Phi) is 4.82. The Morgan fingerprint density at radius 1 is 1.14 bits per heavy atom. The van der Waals surface area contributed by atoms with Gasteiger partial charge in [0.05, 0.1) is 22.6 Å². The molecule has 21 heavy (non-hydrogen) atoms. The summed E-state index contributed by atoms with van der Waals surface area (Å²) in [7, 11) is 0. The van der Waals surface area contributed by atoms with Crippen LogP contribution in [0, 0.1) is 26.6 Å². The third kappa shape index (κ3) is 3.34. The normalized spacial score (nSPS) is 15.9. The Hall–Kier alpha value is -2.05. The van der Waals surface area contributed by atoms with E-state index in [1.165, 1.54) is 6.07 Å². The molecule has 0 unspecified atom stereocenters. The highest BCUT2D eigenvalue weighted by Gasteiger charge is 2.28. The largest absolute Gasteiger partial charge is 0.280 e. The van der Waals surface area contributed by atoms with Gasteiger partial charge in [0.1, 0.15) is 0 Å². The van der Waals surface area contributed by atoms with E-state index < -0.39 is 16.5 Å². The monoisotopic (exact) mass is 295 g/mol. The molecule has 0 heterocycles. The van der Waals surface area contributed by atoms with Gasteiger partial charge in [-0.25, -0.2) is 0 Å². The molecule has 0 atom stereocenters. The highest BCUT2D eigenvalue weighted by molar-refractivity contribution is 5.58. The fraction of sp³-hybridized carbons (Fsp3) is 0.500. The molecule has 1 aromatic rings. The lowest BCUT2D eigenvalue weighted by molar-refractivity contribution is -0.394. The van der Waals surface area contributed by atoms with Gasteiger partial charge in [0.15, 0.2) is 0 Å². The van der Waals surface area contributed by atoms with Crippen molar-refractivity contribution in [1.82, 2.24) is 0 Å². The maximum absolute atomic E-state index is 12.7. The maximum Gasteiger partial charge on any atom is 0.280 e. The number of alkyl halides is 1. The van der Waals surface area contributed by atoms with Crippen LogP contribution in [-0.2, 0) is 0 Å². The summed E-state index contributed by atoms with van der Waals surface area (Å²) < 4.78 is 12.7. The van der Waals surface area contributed by atoms with Crippen molar-refractivity contribution in [3.05, 3.63) is 49.9 Å². The van der Waals surface area contributed by atoms with E-state index >= 15 is 0 Å². The van der Waals surface area contributed by atoms with Crippen LogP contribution in [0.1, 0.15) is 49.1 Å². The van der Waals surface area contributed by atoms with E-state index in [1.54, 1.807) is 0 Å². The van der Waals surface area contributed by atoms with Gasteiger partial charge in [-0.1, -0.05) is 19.3 Å². The minimum Gasteiger partial charge on any atom is -0.258 e. The van der Waals surface area contributed by atoms with Gasteiger partial charge in [-0.3, -0.25) is 24.6 Å². The van der Waals surface area contributed by atoms with Crippen LogP contribution in [0.3, 0.4) is 0 Å². The molecule has 1 radical (unpaired) electrons. The molecule has 0 bridgehead atoms. The highest BCUT2D eigenvalue weighted by atomic mass is 19.1. The first kappa shape index (κ1) is 15.3. The Balaban J connectivity index is 2.56. The van der Waals surface area contributed by atoms with Gasteiger partial charge in [-0.15, -0.1) is 0 Å². The summed E-state index contributed by atoms with van der Waals surface area (Å²) >= 11 is 0. The average molecular weight is 295 g/mol. The second-order valence-corrected chi connectivity index (χ2v) is 5.18. The van der Waals surface area contributed by atoms with Crippen LogP contribution in [0.25, 0.3) is 0 Å². The summed E-state index contributed by atoms with van der Waals surface area (Å²) in [6.07, 6.45) is 5.85. The molecule has 0 amide bonds. The first-order valence-corrected chi connectivity index (χ1v) is 6.90. The predicted molar refractivity (Wildman–Crippen MR) is 75.0 cm³/mol. The van der Waals surface area contributed by atoms with Gasteiger partial charge < -0.3 is 0 Å². The number of nitro benzene ring substituents is 2. The molecule has 2 rings (SSSR count). The van der Waals surface area contributed by atoms with E-state index in [0.717, 1.165) is 44.6 Å². The SMILES string of the molecule is O=[N+]([O-])c1cc(C2CCCCC2)c([CH]CF)c([N+](=O)[O-])c1. The molecule has 1 aliphatic carbocycles. The molecular weight excluding hydrogens is 279 g/mol. The number of hydrogen-bond acceptors (Lipinski definition) is 4. The molecular formula is C14H16FN2O4. The third-order valence-electron chi connectivity index (χ3n) is 3.91. The van der Waals surface area contributed by atoms with Crippen molar-refractivity contribution in [3.63, 3.8) is 0 Å². The molecule has 1 aliphatic rings. The minimum absolute atomic E-state index is 0.0233. The zero-order chi connectivity index (χ0) is 15.4. The van der Waals surface area contributed by atoms with Crippen LogP contribution < -0.4 is 0 Å². The molecule has 6 nitrogen and oxygen atoms in total. The quantitative estimate of drug-likeness (QED) is 0.605. The summed E-state index contributed by atoms with van der Waals surface area (Å²) in [5.41, 5.74) is 0.0361. The van der Waals surface area contributed by atoms with Crippen molar-refractivity contribution in [2.24, 2.45) is 0 Å². The summed E-state index contributed by atoms with van der Waals surface area (Å²) in [4.78, 5) is 20.8. The molecule has 113 valence electrons. The molecule has 0 saturated heterocycles. The molecule has 0 aliphatic heterocycles. The molecule has 0 spiro atoms. The number of benzene rings is 1. The first-order valence-electron chi connectivity index (χ1n) is 6.90. The zero-order valence-electron chi connectivity index (χ0n) is 11.5. The second kappa shape index (κ2) is 6.60. The average Bonchev–Trinajstić information content (AvgIpc) is 2.48. The summed E-state index contributed by atoms with van der Waals surface area (Å²) in [5.74, 6) is 0.0233. The van der Waals surface area contributed by atoms with Crippen molar-refractivity contribution in [3.8, 4) is 0 Å². The maximum atomic E-state index is 12.7. The van der Waals surface area contributed by atoms with Crippen LogP contribution >= 0.6 is 0 Å². The Labute approximate surface area is 121 Å². The van der Waals surface area contributed by atoms with Crippen molar-refractivity contribution < 1.29 is 14.2 Å². The van der Waals surface area contributed by atoms with E-state index in [4.69, 9.17) is 0 Å². The highest BCUT2D eigenvalue weighted by Crippen LogP contribution is 2.40. The van der Waals surface area contributed by atoms with Crippen LogP contribution in [0.15, 0.2) is 12.1 Å². The number of nitro groups is 2. The second-order valence-electron chi connectivity index (χ2n) is 5.18. The Morgan fingerprint density at radius 2 is 1.81 bits per heavy atom. The standard InChI is InChI=1S/C14H16FN2O4/c15-7-6-12-13(10-4-2-1-3-5-10)8-11(16(18)19)9-14(12)17(20)21/h6,8-10H,1-5,7H2. The van der Waals surface area contributed by atoms with Crippen LogP contribution in [0.4, 0.5) is 15.8 Å². The summed E-state index contributed by atoms with van der Waals surface area (Å²) in [6, 6.07) is 2.28. The molecule has 1 fully saturated rings. The number of non-ortho nitro benzene ring substituents is 1. The number of halogens is 1. The Bertz CT molecular complexity index is 556. The lowest BCUT2D eigenvalue weighted by atomic mass is 9.81. The molecule has 0 N–H and O–H groups in total. The van der Waals surface area contributed by atoms with Crippen molar-refractivity contribution >= 4 is 11.4 Å². The van der Waals surface area contributed by atoms with Crippen LogP contribution in [-0.4, -0.2) is 16.5 Å². The van der Waals surface area contributed by atoms with Gasteiger partial charge in [-0.2, -0.15) is 0 Å². The molecule has 1 aromatic carbocycles. The van der Waals surface area contributed by atoms with Crippen molar-refractivity contribution in [1.29, 1.82) is 0 Å². The van der Waals surface area contributed by atoms with Gasteiger partial charge in [0, 0.05) is 18.1 Å². The fourth-order valence-corrected chi connectivity index (χ4v) is 2.95. The van der Waals surface area contributed by atoms with Gasteiger partial charge >= 0.3 is 0 Å². The lowest BCUT2D eigenvalue weighted by Gasteiger charge is -2.23. The van der Waals surface area contributed by atoms with Crippen molar-refractivity contribution in [2.45, 2.75) is 38.0 Å². The van der Waals surface area contributed by atoms with E-state index in [2.05, 4.69) is 0 Å². The topological polar surface area (TPSA) is 86.3 Å². The van der Waals surface area contributed by atoms with Crippen LogP contribution in [0.5, 0.6) is 0 Å². The van der Waals surface area contributed by atoms with Gasteiger partial charge in [0.25, 0.3) is 11.4 Å². The minimum atomic E-state index is -0.835. The number of nitrogens with zero attached hydrogens (tertiary/aromatic N) is 2. The predicted octanol–water partition coefficient (Wildman–Crippen LogP) is 4.07. The smallest absolute Gasteiger partial charge is 0.258 e. The zero-order valence-corrected chi connectivity index (χ0v) is 11.5. The molecule has 0 aromatic heterocycles. The number of rotatable bonds is 5. The molecule has 1 saturated carbocycles. The lowest BCUT2D eigenvalue weighted by Crippen LogP contribution is -2.10. The fourth-order valence-electron chi connectivity index (χ4n) is 2.95. The summed E-state index contributed by atoms with van der Waals surface area (Å²) in [6.45, 7) is -0.835. The number of hydrogen-bond donors (Lipinski definition) is 0. The summed E-state index contributed by atoms with van der Waals surface area (Å²) in [5, 5.41) is 22.1.